The molecule has 5 heteroatoms. The highest BCUT2D eigenvalue weighted by atomic mass is 19.1. The lowest BCUT2D eigenvalue weighted by atomic mass is 10.1. The van der Waals surface area contributed by atoms with E-state index < -0.39 is 0 Å². The monoisotopic (exact) mass is 267 g/mol. The summed E-state index contributed by atoms with van der Waals surface area (Å²) in [5.41, 5.74) is 6.69. The number of carbonyl (C=O) groups excluding carboxylic acids is 1. The highest BCUT2D eigenvalue weighted by molar-refractivity contribution is 5.75. The van der Waals surface area contributed by atoms with Crippen molar-refractivity contribution < 1.29 is 9.18 Å². The highest BCUT2D eigenvalue weighted by Gasteiger charge is 2.13. The van der Waals surface area contributed by atoms with Crippen molar-refractivity contribution in [3.63, 3.8) is 0 Å². The van der Waals surface area contributed by atoms with E-state index in [1.807, 2.05) is 36.8 Å². The summed E-state index contributed by atoms with van der Waals surface area (Å²) in [5.74, 6) is -0.563. The fourth-order valence-corrected chi connectivity index (χ4v) is 2.09. The van der Waals surface area contributed by atoms with Gasteiger partial charge in [-0.25, -0.2) is 4.39 Å². The molecule has 0 fully saturated rings. The molecule has 0 bridgehead atoms. The van der Waals surface area contributed by atoms with Gasteiger partial charge < -0.3 is 10.6 Å². The van der Waals surface area contributed by atoms with Gasteiger partial charge in [0.15, 0.2) is 0 Å². The summed E-state index contributed by atoms with van der Waals surface area (Å²) in [6, 6.07) is 5.08. The second-order valence-corrected chi connectivity index (χ2v) is 4.69. The number of benzene rings is 1. The third-order valence-electron chi connectivity index (χ3n) is 3.06. The zero-order chi connectivity index (χ0) is 14.4. The van der Waals surface area contributed by atoms with Gasteiger partial charge in [-0.15, -0.1) is 0 Å². The van der Waals surface area contributed by atoms with Gasteiger partial charge in [0.05, 0.1) is 12.2 Å². The van der Waals surface area contributed by atoms with E-state index in [1.165, 1.54) is 6.07 Å². The molecule has 1 amide bonds. The quantitative estimate of drug-likeness (QED) is 0.812. The van der Waals surface area contributed by atoms with E-state index >= 15 is 0 Å². The van der Waals surface area contributed by atoms with Crippen LogP contribution in [0.4, 0.5) is 10.1 Å². The topological polar surface area (TPSA) is 49.6 Å². The zero-order valence-corrected chi connectivity index (χ0v) is 11.8. The predicted octanol–water partition coefficient (Wildman–Crippen LogP) is 1.38. The highest BCUT2D eigenvalue weighted by Crippen LogP contribution is 2.23. The first-order valence-corrected chi connectivity index (χ1v) is 6.42. The lowest BCUT2D eigenvalue weighted by Gasteiger charge is -2.27. The van der Waals surface area contributed by atoms with Crippen LogP contribution in [0.2, 0.25) is 0 Å². The summed E-state index contributed by atoms with van der Waals surface area (Å²) in [6.07, 6.45) is 0. The lowest BCUT2D eigenvalue weighted by Crippen LogP contribution is -2.38. The molecule has 4 nitrogen and oxygen atoms in total. The number of halogens is 1. The number of para-hydroxylation sites is 1. The molecule has 0 radical (unpaired) electrons. The number of hydrogen-bond acceptors (Lipinski definition) is 3. The minimum absolute atomic E-state index is 0.209. The van der Waals surface area contributed by atoms with E-state index in [2.05, 4.69) is 0 Å². The number of nitrogens with two attached hydrogens (primary N) is 1. The molecule has 1 aromatic carbocycles. The van der Waals surface area contributed by atoms with Crippen molar-refractivity contribution in [3.05, 3.63) is 29.6 Å². The minimum Gasteiger partial charge on any atom is -0.369 e. The first-order valence-electron chi connectivity index (χ1n) is 6.42. The van der Waals surface area contributed by atoms with Gasteiger partial charge in [-0.2, -0.15) is 0 Å². The number of hydrogen-bond donors (Lipinski definition) is 1. The van der Waals surface area contributed by atoms with Crippen LogP contribution in [0.1, 0.15) is 12.5 Å². The Kier molecular flexibility index (Phi) is 5.76. The maximum Gasteiger partial charge on any atom is 0.231 e. The Morgan fingerprint density at radius 3 is 2.58 bits per heavy atom. The van der Waals surface area contributed by atoms with Crippen LogP contribution in [0, 0.1) is 12.7 Å². The maximum absolute atomic E-state index is 13.9. The van der Waals surface area contributed by atoms with Crippen LogP contribution in [0.3, 0.4) is 0 Å². The van der Waals surface area contributed by atoms with Crippen molar-refractivity contribution in [1.29, 1.82) is 0 Å². The number of rotatable bonds is 7. The number of primary amides is 1. The van der Waals surface area contributed by atoms with Gasteiger partial charge in [0.1, 0.15) is 5.82 Å². The third-order valence-corrected chi connectivity index (χ3v) is 3.06. The molecular formula is C14H22FN3O. The number of carbonyl (C=O) groups is 1. The Hall–Kier alpha value is -1.62. The molecule has 0 aliphatic carbocycles. The van der Waals surface area contributed by atoms with E-state index in [4.69, 9.17) is 5.73 Å². The first kappa shape index (κ1) is 15.4. The van der Waals surface area contributed by atoms with E-state index in [1.54, 1.807) is 6.07 Å². The van der Waals surface area contributed by atoms with Crippen LogP contribution in [0.15, 0.2) is 18.2 Å². The molecule has 0 aromatic heterocycles. The molecule has 1 aromatic rings. The SMILES string of the molecule is CCN(CCN(C)CC(N)=O)c1c(C)cccc1F. The lowest BCUT2D eigenvalue weighted by molar-refractivity contribution is -0.118. The molecule has 0 aliphatic heterocycles. The van der Waals surface area contributed by atoms with E-state index in [-0.39, 0.29) is 18.3 Å². The molecule has 0 unspecified atom stereocenters. The average molecular weight is 267 g/mol. The molecule has 0 aliphatic rings. The number of aryl methyl sites for hydroxylation is 1. The Morgan fingerprint density at radius 2 is 2.05 bits per heavy atom. The Balaban J connectivity index is 2.71. The summed E-state index contributed by atoms with van der Waals surface area (Å²) in [4.78, 5) is 14.6. The minimum atomic E-state index is -0.354. The van der Waals surface area contributed by atoms with Crippen LogP contribution in [-0.4, -0.2) is 44.0 Å². The molecule has 0 heterocycles. The zero-order valence-electron chi connectivity index (χ0n) is 11.8. The smallest absolute Gasteiger partial charge is 0.231 e. The molecular weight excluding hydrogens is 245 g/mol. The van der Waals surface area contributed by atoms with E-state index in [0.29, 0.717) is 25.3 Å². The van der Waals surface area contributed by atoms with Gasteiger partial charge in [0.25, 0.3) is 0 Å². The van der Waals surface area contributed by atoms with Crippen molar-refractivity contribution in [3.8, 4) is 0 Å². The normalized spacial score (nSPS) is 10.8. The number of nitrogens with zero attached hydrogens (tertiary/aromatic N) is 2. The number of anilines is 1. The second kappa shape index (κ2) is 7.09. The Morgan fingerprint density at radius 1 is 1.37 bits per heavy atom. The Labute approximate surface area is 114 Å². The maximum atomic E-state index is 13.9. The van der Waals surface area contributed by atoms with Crippen molar-refractivity contribution in [2.24, 2.45) is 5.73 Å². The predicted molar refractivity (Wildman–Crippen MR) is 75.7 cm³/mol. The van der Waals surface area contributed by atoms with Crippen LogP contribution in [0.25, 0.3) is 0 Å². The van der Waals surface area contributed by atoms with E-state index in [9.17, 15) is 9.18 Å². The summed E-state index contributed by atoms with van der Waals surface area (Å²) in [6.45, 7) is 6.13. The summed E-state index contributed by atoms with van der Waals surface area (Å²) in [5, 5.41) is 0. The largest absolute Gasteiger partial charge is 0.369 e. The molecule has 106 valence electrons. The molecule has 0 atom stereocenters. The van der Waals surface area contributed by atoms with Crippen LogP contribution in [-0.2, 0) is 4.79 Å². The standard InChI is InChI=1S/C14H22FN3O/c1-4-18(9-8-17(3)10-13(16)19)14-11(2)6-5-7-12(14)15/h5-7H,4,8-10H2,1-3H3,(H2,16,19). The van der Waals surface area contributed by atoms with Crippen LogP contribution in [0.5, 0.6) is 0 Å². The van der Waals surface area contributed by atoms with Gasteiger partial charge in [0.2, 0.25) is 5.91 Å². The van der Waals surface area contributed by atoms with Crippen molar-refractivity contribution in [2.75, 3.05) is 38.1 Å². The van der Waals surface area contributed by atoms with E-state index in [0.717, 1.165) is 5.56 Å². The Bertz CT molecular complexity index is 416. The van der Waals surface area contributed by atoms with Crippen LogP contribution >= 0.6 is 0 Å². The van der Waals surface area contributed by atoms with Gasteiger partial charge in [0, 0.05) is 19.6 Å². The average Bonchev–Trinajstić information content (AvgIpc) is 2.31. The molecule has 0 spiro atoms. The number of likely N-dealkylation sites (N-methyl/N-ethyl adjacent to an activating group) is 2. The van der Waals surface area contributed by atoms with Crippen molar-refractivity contribution in [2.45, 2.75) is 13.8 Å². The van der Waals surface area contributed by atoms with Gasteiger partial charge in [-0.05, 0) is 32.5 Å². The first-order chi connectivity index (χ1) is 8.95. The summed E-state index contributed by atoms with van der Waals surface area (Å²) < 4.78 is 13.9. The van der Waals surface area contributed by atoms with Gasteiger partial charge in [-0.1, -0.05) is 12.1 Å². The summed E-state index contributed by atoms with van der Waals surface area (Å²) >= 11 is 0. The third kappa shape index (κ3) is 4.52. The van der Waals surface area contributed by atoms with Crippen molar-refractivity contribution in [1.82, 2.24) is 4.90 Å². The summed E-state index contributed by atoms with van der Waals surface area (Å²) in [7, 11) is 1.83. The second-order valence-electron chi connectivity index (χ2n) is 4.69. The fraction of sp³-hybridized carbons (Fsp3) is 0.500. The van der Waals surface area contributed by atoms with Crippen molar-refractivity contribution >= 4 is 11.6 Å². The van der Waals surface area contributed by atoms with Gasteiger partial charge >= 0.3 is 0 Å². The van der Waals surface area contributed by atoms with Gasteiger partial charge in [-0.3, -0.25) is 9.69 Å². The van der Waals surface area contributed by atoms with Crippen LogP contribution < -0.4 is 10.6 Å². The molecule has 1 rings (SSSR count). The molecule has 0 saturated heterocycles. The number of amides is 1. The fourth-order valence-electron chi connectivity index (χ4n) is 2.09. The molecule has 2 N–H and O–H groups in total. The molecule has 19 heavy (non-hydrogen) atoms. The molecule has 0 saturated carbocycles.